The van der Waals surface area contributed by atoms with E-state index in [0.717, 1.165) is 12.8 Å². The highest BCUT2D eigenvalue weighted by atomic mass is 32.2. The van der Waals surface area contributed by atoms with E-state index >= 15 is 0 Å². The summed E-state index contributed by atoms with van der Waals surface area (Å²) in [4.78, 5) is 29.6. The van der Waals surface area contributed by atoms with Gasteiger partial charge in [0.05, 0.1) is 29.4 Å². The summed E-state index contributed by atoms with van der Waals surface area (Å²) in [5.74, 6) is 0.178. The highest BCUT2D eigenvalue weighted by Gasteiger charge is 2.28. The topological polar surface area (TPSA) is 108 Å². The highest BCUT2D eigenvalue weighted by Crippen LogP contribution is 2.25. The third kappa shape index (κ3) is 4.72. The third-order valence-electron chi connectivity index (χ3n) is 4.82. The Morgan fingerprint density at radius 2 is 2.08 bits per heavy atom. The number of nitrogens with zero attached hydrogens (tertiary/aromatic N) is 2. The average molecular weight is 380 g/mol. The Bertz CT molecular complexity index is 757. The molecule has 1 aliphatic heterocycles. The fraction of sp³-hybridized carbons (Fsp3) is 0.588. The second-order valence-corrected chi connectivity index (χ2v) is 9.15. The molecule has 0 unspecified atom stereocenters. The third-order valence-corrected chi connectivity index (χ3v) is 7.08. The molecule has 2 fully saturated rings. The minimum Gasteiger partial charge on any atom is -0.353 e. The first kappa shape index (κ1) is 18.6. The molecule has 0 spiro atoms. The van der Waals surface area contributed by atoms with E-state index in [4.69, 9.17) is 0 Å². The number of carbonyl (C=O) groups excluding carboxylic acids is 2. The Hall–Kier alpha value is -2.16. The van der Waals surface area contributed by atoms with E-state index in [1.165, 1.54) is 6.20 Å². The van der Waals surface area contributed by atoms with Crippen LogP contribution in [0.1, 0.15) is 32.1 Å². The van der Waals surface area contributed by atoms with Crippen LogP contribution in [0.25, 0.3) is 0 Å². The molecule has 2 N–H and O–H groups in total. The van der Waals surface area contributed by atoms with Gasteiger partial charge in [-0.1, -0.05) is 12.8 Å². The number of aromatic nitrogens is 1. The van der Waals surface area contributed by atoms with Gasteiger partial charge in [-0.25, -0.2) is 13.4 Å². The smallest absolute Gasteiger partial charge is 0.239 e. The van der Waals surface area contributed by atoms with Gasteiger partial charge in [-0.05, 0) is 25.0 Å². The van der Waals surface area contributed by atoms with Crippen molar-refractivity contribution < 1.29 is 18.0 Å². The van der Waals surface area contributed by atoms with Crippen LogP contribution in [0, 0.1) is 0 Å². The predicted molar refractivity (Wildman–Crippen MR) is 98.7 cm³/mol. The molecule has 2 heterocycles. The van der Waals surface area contributed by atoms with Crippen LogP contribution < -0.4 is 15.5 Å². The van der Waals surface area contributed by atoms with Gasteiger partial charge in [-0.15, -0.1) is 0 Å². The molecule has 2 amide bonds. The first-order valence-corrected chi connectivity index (χ1v) is 10.6. The summed E-state index contributed by atoms with van der Waals surface area (Å²) in [6.07, 6.45) is 4.80. The largest absolute Gasteiger partial charge is 0.353 e. The number of sulfone groups is 1. The van der Waals surface area contributed by atoms with Crippen molar-refractivity contribution in [2.24, 2.45) is 0 Å². The van der Waals surface area contributed by atoms with E-state index < -0.39 is 9.84 Å². The quantitative estimate of drug-likeness (QED) is 0.752. The number of pyridine rings is 1. The number of hydrogen-bond donors (Lipinski definition) is 2. The van der Waals surface area contributed by atoms with Crippen molar-refractivity contribution in [1.29, 1.82) is 0 Å². The maximum Gasteiger partial charge on any atom is 0.239 e. The van der Waals surface area contributed by atoms with E-state index in [1.807, 2.05) is 4.90 Å². The number of rotatable bonds is 6. The first-order valence-electron chi connectivity index (χ1n) is 8.93. The standard InChI is InChI=1S/C17H24N4O4S/c22-16(7-10-26(24,25)14-3-1-2-4-14)20-13-5-6-15(19-11-13)21-9-8-18-17(23)12-21/h5-6,11,14H,1-4,7-10,12H2,(H,18,23)(H,20,22). The molecule has 0 aromatic carbocycles. The molecular weight excluding hydrogens is 356 g/mol. The second kappa shape index (κ2) is 8.03. The van der Waals surface area contributed by atoms with Crippen LogP contribution >= 0.6 is 0 Å². The second-order valence-electron chi connectivity index (χ2n) is 6.75. The number of anilines is 2. The monoisotopic (exact) mass is 380 g/mol. The Kier molecular flexibility index (Phi) is 5.75. The van der Waals surface area contributed by atoms with Gasteiger partial charge in [0.1, 0.15) is 5.82 Å². The van der Waals surface area contributed by atoms with E-state index in [2.05, 4.69) is 15.6 Å². The maximum atomic E-state index is 12.2. The van der Waals surface area contributed by atoms with Crippen molar-refractivity contribution in [2.75, 3.05) is 35.6 Å². The Morgan fingerprint density at radius 1 is 1.31 bits per heavy atom. The molecule has 8 nitrogen and oxygen atoms in total. The summed E-state index contributed by atoms with van der Waals surface area (Å²) in [6.45, 7) is 1.52. The Morgan fingerprint density at radius 3 is 2.73 bits per heavy atom. The lowest BCUT2D eigenvalue weighted by atomic mass is 10.3. The molecule has 1 aliphatic carbocycles. The van der Waals surface area contributed by atoms with Gasteiger partial charge in [0.15, 0.2) is 9.84 Å². The molecule has 0 atom stereocenters. The molecule has 1 aromatic rings. The summed E-state index contributed by atoms with van der Waals surface area (Å²) in [6, 6.07) is 3.45. The van der Waals surface area contributed by atoms with E-state index in [0.29, 0.717) is 37.4 Å². The zero-order chi connectivity index (χ0) is 18.6. The molecule has 2 aliphatic rings. The van der Waals surface area contributed by atoms with Gasteiger partial charge in [0, 0.05) is 19.5 Å². The van der Waals surface area contributed by atoms with Gasteiger partial charge >= 0.3 is 0 Å². The molecule has 1 saturated heterocycles. The minimum absolute atomic E-state index is 0.0427. The number of carbonyl (C=O) groups is 2. The summed E-state index contributed by atoms with van der Waals surface area (Å²) in [5, 5.41) is 5.15. The number of piperazine rings is 1. The van der Waals surface area contributed by atoms with Crippen molar-refractivity contribution in [3.8, 4) is 0 Å². The lowest BCUT2D eigenvalue weighted by molar-refractivity contribution is -0.120. The van der Waals surface area contributed by atoms with Gasteiger partial charge in [-0.2, -0.15) is 0 Å². The molecular formula is C17H24N4O4S. The number of hydrogen-bond acceptors (Lipinski definition) is 6. The molecule has 3 rings (SSSR count). The summed E-state index contributed by atoms with van der Waals surface area (Å²) in [5.41, 5.74) is 0.512. The van der Waals surface area contributed by atoms with Gasteiger partial charge < -0.3 is 15.5 Å². The van der Waals surface area contributed by atoms with Crippen molar-refractivity contribution in [1.82, 2.24) is 10.3 Å². The van der Waals surface area contributed by atoms with Crippen LogP contribution in [0.15, 0.2) is 18.3 Å². The highest BCUT2D eigenvalue weighted by molar-refractivity contribution is 7.92. The first-order chi connectivity index (χ1) is 12.4. The van der Waals surface area contributed by atoms with Crippen LogP contribution in [-0.4, -0.2) is 55.9 Å². The van der Waals surface area contributed by atoms with E-state index in [9.17, 15) is 18.0 Å². The zero-order valence-electron chi connectivity index (χ0n) is 14.6. The summed E-state index contributed by atoms with van der Waals surface area (Å²) >= 11 is 0. The summed E-state index contributed by atoms with van der Waals surface area (Å²) in [7, 11) is -3.19. The number of nitrogens with one attached hydrogen (secondary N) is 2. The van der Waals surface area contributed by atoms with Gasteiger partial charge in [-0.3, -0.25) is 9.59 Å². The molecule has 0 bridgehead atoms. The lowest BCUT2D eigenvalue weighted by Crippen LogP contribution is -2.48. The normalized spacial score (nSPS) is 18.6. The van der Waals surface area contributed by atoms with E-state index in [-0.39, 0.29) is 35.8 Å². The van der Waals surface area contributed by atoms with Crippen LogP contribution in [0.5, 0.6) is 0 Å². The number of amides is 2. The lowest BCUT2D eigenvalue weighted by Gasteiger charge is -2.27. The molecule has 142 valence electrons. The maximum absolute atomic E-state index is 12.2. The fourth-order valence-corrected chi connectivity index (χ4v) is 5.21. The van der Waals surface area contributed by atoms with Crippen LogP contribution in [0.3, 0.4) is 0 Å². The Labute approximate surface area is 153 Å². The van der Waals surface area contributed by atoms with Gasteiger partial charge in [0.2, 0.25) is 11.8 Å². The van der Waals surface area contributed by atoms with Gasteiger partial charge in [0.25, 0.3) is 0 Å². The van der Waals surface area contributed by atoms with Crippen LogP contribution in [0.4, 0.5) is 11.5 Å². The van der Waals surface area contributed by atoms with Crippen LogP contribution in [-0.2, 0) is 19.4 Å². The average Bonchev–Trinajstić information content (AvgIpc) is 3.16. The molecule has 9 heteroatoms. The zero-order valence-corrected chi connectivity index (χ0v) is 15.4. The summed E-state index contributed by atoms with van der Waals surface area (Å²) < 4.78 is 24.4. The molecule has 26 heavy (non-hydrogen) atoms. The SMILES string of the molecule is O=C1CN(c2ccc(NC(=O)CCS(=O)(=O)C3CCCC3)cn2)CCN1. The predicted octanol–water partition coefficient (Wildman–Crippen LogP) is 0.704. The van der Waals surface area contributed by atoms with E-state index in [1.54, 1.807) is 12.1 Å². The molecule has 1 saturated carbocycles. The van der Waals surface area contributed by atoms with Crippen LogP contribution in [0.2, 0.25) is 0 Å². The minimum atomic E-state index is -3.19. The van der Waals surface area contributed by atoms with Crippen molar-refractivity contribution >= 4 is 33.2 Å². The Balaban J connectivity index is 1.50. The molecule has 1 aromatic heterocycles. The molecule has 0 radical (unpaired) electrons. The van der Waals surface area contributed by atoms with Crippen molar-refractivity contribution in [3.05, 3.63) is 18.3 Å². The van der Waals surface area contributed by atoms with Crippen molar-refractivity contribution in [3.63, 3.8) is 0 Å². The van der Waals surface area contributed by atoms with Crippen molar-refractivity contribution in [2.45, 2.75) is 37.4 Å². The fourth-order valence-electron chi connectivity index (χ4n) is 3.35.